The van der Waals surface area contributed by atoms with Crippen molar-refractivity contribution in [2.45, 2.75) is 38.0 Å². The molecular formula is C11H16N2O3. The lowest BCUT2D eigenvalue weighted by Gasteiger charge is -2.40. The largest absolute Gasteiger partial charge is 0.360 e. The Morgan fingerprint density at radius 3 is 2.88 bits per heavy atom. The lowest BCUT2D eigenvalue weighted by Crippen LogP contribution is -2.57. The highest BCUT2D eigenvalue weighted by molar-refractivity contribution is 6.07. The number of piperidine rings is 1. The Kier molecular flexibility index (Phi) is 1.95. The fourth-order valence-corrected chi connectivity index (χ4v) is 3.38. The molecule has 5 atom stereocenters. The van der Waals surface area contributed by atoms with Crippen molar-refractivity contribution in [3.63, 3.8) is 0 Å². The third kappa shape index (κ3) is 1.18. The zero-order chi connectivity index (χ0) is 11.5. The topological polar surface area (TPSA) is 67.4 Å². The van der Waals surface area contributed by atoms with E-state index < -0.39 is 6.10 Å². The van der Waals surface area contributed by atoms with Crippen LogP contribution in [0.2, 0.25) is 0 Å². The number of nitrogens with one attached hydrogen (secondary N) is 2. The summed E-state index contributed by atoms with van der Waals surface area (Å²) in [6.45, 7) is 5.03. The van der Waals surface area contributed by atoms with Crippen LogP contribution in [0.3, 0.4) is 0 Å². The normalized spacial score (nSPS) is 51.1. The Bertz CT molecular complexity index is 370. The maximum Gasteiger partial charge on any atom is 0.256 e. The van der Waals surface area contributed by atoms with Crippen LogP contribution in [0.25, 0.3) is 0 Å². The van der Waals surface area contributed by atoms with E-state index in [9.17, 15) is 9.59 Å². The van der Waals surface area contributed by atoms with Crippen LogP contribution in [0.4, 0.5) is 0 Å². The van der Waals surface area contributed by atoms with Gasteiger partial charge in [-0.15, -0.1) is 0 Å². The van der Waals surface area contributed by atoms with Gasteiger partial charge in [0.2, 0.25) is 5.91 Å². The van der Waals surface area contributed by atoms with Gasteiger partial charge >= 0.3 is 0 Å². The van der Waals surface area contributed by atoms with E-state index in [4.69, 9.17) is 4.74 Å². The van der Waals surface area contributed by atoms with Gasteiger partial charge in [-0.1, -0.05) is 6.92 Å². The molecule has 3 fully saturated rings. The van der Waals surface area contributed by atoms with Gasteiger partial charge in [-0.05, 0) is 25.8 Å². The summed E-state index contributed by atoms with van der Waals surface area (Å²) in [5.41, 5.74) is -0.375. The molecule has 5 heteroatoms. The van der Waals surface area contributed by atoms with Gasteiger partial charge < -0.3 is 10.1 Å². The second-order valence-corrected chi connectivity index (χ2v) is 5.43. The van der Waals surface area contributed by atoms with Gasteiger partial charge in [-0.3, -0.25) is 14.9 Å². The van der Waals surface area contributed by atoms with Gasteiger partial charge in [-0.2, -0.15) is 0 Å². The van der Waals surface area contributed by atoms with E-state index in [0.29, 0.717) is 5.92 Å². The first kappa shape index (κ1) is 10.2. The summed E-state index contributed by atoms with van der Waals surface area (Å²) < 4.78 is 5.83. The lowest BCUT2D eigenvalue weighted by atomic mass is 9.78. The standard InChI is InChI=1S/C11H16N2O3/c1-5-3-11(2)8(12-4-5)6-7(16-11)10(15)13-9(6)14/h5-8,12H,3-4H2,1-2H3,(H,13,14,15)/t5-,6?,7?,8?,11?/m1/s1. The SMILES string of the molecule is C[C@H]1CNC2C3C(=O)NC(=O)C3OC2(C)C1. The second kappa shape index (κ2) is 3.05. The average Bonchev–Trinajstić information content (AvgIpc) is 2.61. The minimum Gasteiger partial charge on any atom is -0.360 e. The molecule has 0 saturated carbocycles. The van der Waals surface area contributed by atoms with Gasteiger partial charge in [-0.25, -0.2) is 0 Å². The first-order valence-electron chi connectivity index (χ1n) is 5.77. The zero-order valence-electron chi connectivity index (χ0n) is 9.45. The van der Waals surface area contributed by atoms with Gasteiger partial charge in [0.25, 0.3) is 5.91 Å². The molecule has 3 aliphatic heterocycles. The van der Waals surface area contributed by atoms with Gasteiger partial charge in [0.05, 0.1) is 17.6 Å². The Balaban J connectivity index is 1.94. The summed E-state index contributed by atoms with van der Waals surface area (Å²) in [6, 6.07) is -0.0276. The van der Waals surface area contributed by atoms with E-state index in [0.717, 1.165) is 13.0 Å². The highest BCUT2D eigenvalue weighted by atomic mass is 16.5. The number of carbonyl (C=O) groups excluding carboxylic acids is 2. The number of carbonyl (C=O) groups is 2. The number of hydrogen-bond donors (Lipinski definition) is 2. The average molecular weight is 224 g/mol. The molecule has 4 unspecified atom stereocenters. The monoisotopic (exact) mass is 224 g/mol. The maximum atomic E-state index is 11.7. The minimum atomic E-state index is -0.583. The van der Waals surface area contributed by atoms with Crippen molar-refractivity contribution in [1.82, 2.24) is 10.6 Å². The molecule has 0 aromatic heterocycles. The van der Waals surface area contributed by atoms with Gasteiger partial charge in [0.1, 0.15) is 0 Å². The number of amides is 2. The highest BCUT2D eigenvalue weighted by Crippen LogP contribution is 2.43. The number of imide groups is 1. The van der Waals surface area contributed by atoms with Crippen molar-refractivity contribution in [3.05, 3.63) is 0 Å². The molecule has 5 nitrogen and oxygen atoms in total. The van der Waals surface area contributed by atoms with Crippen LogP contribution >= 0.6 is 0 Å². The molecule has 88 valence electrons. The lowest BCUT2D eigenvalue weighted by molar-refractivity contribution is -0.137. The third-order valence-corrected chi connectivity index (χ3v) is 3.99. The molecule has 0 aliphatic carbocycles. The predicted molar refractivity (Wildman–Crippen MR) is 55.5 cm³/mol. The summed E-state index contributed by atoms with van der Waals surface area (Å²) in [5, 5.41) is 5.69. The first-order valence-corrected chi connectivity index (χ1v) is 5.77. The van der Waals surface area contributed by atoms with Gasteiger partial charge in [0, 0.05) is 0 Å². The van der Waals surface area contributed by atoms with E-state index in [1.807, 2.05) is 6.92 Å². The quantitative estimate of drug-likeness (QED) is 0.540. The first-order chi connectivity index (χ1) is 7.51. The smallest absolute Gasteiger partial charge is 0.256 e. The third-order valence-electron chi connectivity index (χ3n) is 3.99. The molecular weight excluding hydrogens is 208 g/mol. The number of hydrogen-bond acceptors (Lipinski definition) is 4. The van der Waals surface area contributed by atoms with E-state index in [1.54, 1.807) is 0 Å². The molecule has 0 aromatic rings. The molecule has 0 aromatic carbocycles. The molecule has 0 bridgehead atoms. The molecule has 2 N–H and O–H groups in total. The van der Waals surface area contributed by atoms with Crippen LogP contribution < -0.4 is 10.6 Å². The summed E-state index contributed by atoms with van der Waals surface area (Å²) >= 11 is 0. The van der Waals surface area contributed by atoms with Crippen molar-refractivity contribution < 1.29 is 14.3 Å². The molecule has 3 heterocycles. The predicted octanol–water partition coefficient (Wildman–Crippen LogP) is -0.585. The van der Waals surface area contributed by atoms with E-state index in [2.05, 4.69) is 17.6 Å². The summed E-state index contributed by atoms with van der Waals surface area (Å²) in [4.78, 5) is 23.2. The van der Waals surface area contributed by atoms with E-state index >= 15 is 0 Å². The fraction of sp³-hybridized carbons (Fsp3) is 0.818. The fourth-order valence-electron chi connectivity index (χ4n) is 3.38. The zero-order valence-corrected chi connectivity index (χ0v) is 9.45. The van der Waals surface area contributed by atoms with Crippen LogP contribution in [0.1, 0.15) is 20.3 Å². The van der Waals surface area contributed by atoms with Crippen LogP contribution in [0.15, 0.2) is 0 Å². The van der Waals surface area contributed by atoms with E-state index in [1.165, 1.54) is 0 Å². The molecule has 0 spiro atoms. The number of fused-ring (bicyclic) bond motifs is 3. The summed E-state index contributed by atoms with van der Waals surface area (Å²) in [6.07, 6.45) is 0.318. The summed E-state index contributed by atoms with van der Waals surface area (Å²) in [5.74, 6) is -0.297. The molecule has 3 saturated heterocycles. The van der Waals surface area contributed by atoms with Gasteiger partial charge in [0.15, 0.2) is 6.10 Å². The van der Waals surface area contributed by atoms with Crippen LogP contribution in [0.5, 0.6) is 0 Å². The Morgan fingerprint density at radius 2 is 2.12 bits per heavy atom. The van der Waals surface area contributed by atoms with Crippen molar-refractivity contribution in [2.75, 3.05) is 6.54 Å². The molecule has 0 radical (unpaired) electrons. The highest BCUT2D eigenvalue weighted by Gasteiger charge is 2.62. The second-order valence-electron chi connectivity index (χ2n) is 5.43. The Hall–Kier alpha value is -0.940. The Labute approximate surface area is 93.9 Å². The molecule has 3 rings (SSSR count). The van der Waals surface area contributed by atoms with E-state index in [-0.39, 0.29) is 29.4 Å². The van der Waals surface area contributed by atoms with Crippen molar-refractivity contribution >= 4 is 11.8 Å². The van der Waals surface area contributed by atoms with Crippen molar-refractivity contribution in [3.8, 4) is 0 Å². The Morgan fingerprint density at radius 1 is 1.38 bits per heavy atom. The van der Waals surface area contributed by atoms with Crippen LogP contribution in [0, 0.1) is 11.8 Å². The maximum absolute atomic E-state index is 11.7. The summed E-state index contributed by atoms with van der Waals surface area (Å²) in [7, 11) is 0. The molecule has 3 aliphatic rings. The number of ether oxygens (including phenoxy) is 1. The number of rotatable bonds is 0. The van der Waals surface area contributed by atoms with Crippen molar-refractivity contribution in [1.29, 1.82) is 0 Å². The molecule has 16 heavy (non-hydrogen) atoms. The van der Waals surface area contributed by atoms with Crippen LogP contribution in [-0.2, 0) is 14.3 Å². The van der Waals surface area contributed by atoms with Crippen LogP contribution in [-0.4, -0.2) is 36.1 Å². The minimum absolute atomic E-state index is 0.0276. The van der Waals surface area contributed by atoms with Crippen molar-refractivity contribution in [2.24, 2.45) is 11.8 Å². The molecule has 2 amide bonds.